The van der Waals surface area contributed by atoms with Crippen LogP contribution < -0.4 is 28.4 Å². The van der Waals surface area contributed by atoms with Crippen LogP contribution in [0.5, 0.6) is 34.5 Å². The fraction of sp³-hybridized carbons (Fsp3) is 0.520. The standard InChI is InChI=1S/C25H31NO7/c1-5-16-23(15-10-21(27-2)24(29-4)22(11-15)28-3)17-12-19-20(32-14-31-19)13-18(17)33-25(16)26-6-8-30-9-7-26/h10-13,16,23,25H,5-9,14H2,1-4H3/t16-,23-,25+/m1/s1. The van der Waals surface area contributed by atoms with Crippen molar-refractivity contribution in [3.8, 4) is 34.5 Å². The Bertz CT molecular complexity index is 979. The Morgan fingerprint density at radius 2 is 1.55 bits per heavy atom. The summed E-state index contributed by atoms with van der Waals surface area (Å²) in [5.74, 6) is 4.37. The SMILES string of the molecule is CC[C@@H]1[C@@H](c2cc(OC)c(OC)c(OC)c2)c2cc3c(cc2O[C@@H]1N1CCOCC1)OCO3. The summed E-state index contributed by atoms with van der Waals surface area (Å²) < 4.78 is 40.5. The number of morpholine rings is 1. The molecule has 0 spiro atoms. The van der Waals surface area contributed by atoms with Crippen molar-refractivity contribution < 1.29 is 33.2 Å². The fourth-order valence-corrected chi connectivity index (χ4v) is 5.22. The van der Waals surface area contributed by atoms with Crippen LogP contribution in [0, 0.1) is 5.92 Å². The maximum Gasteiger partial charge on any atom is 0.231 e. The van der Waals surface area contributed by atoms with E-state index in [4.69, 9.17) is 33.2 Å². The maximum absolute atomic E-state index is 6.66. The van der Waals surface area contributed by atoms with Gasteiger partial charge >= 0.3 is 0 Å². The highest BCUT2D eigenvalue weighted by molar-refractivity contribution is 5.60. The second kappa shape index (κ2) is 9.19. The molecule has 3 aliphatic rings. The first-order valence-electron chi connectivity index (χ1n) is 11.4. The molecule has 178 valence electrons. The largest absolute Gasteiger partial charge is 0.493 e. The zero-order chi connectivity index (χ0) is 22.9. The first-order valence-corrected chi connectivity index (χ1v) is 11.4. The molecule has 8 nitrogen and oxygen atoms in total. The Kier molecular flexibility index (Phi) is 6.12. The van der Waals surface area contributed by atoms with Gasteiger partial charge in [-0.15, -0.1) is 0 Å². The average Bonchev–Trinajstić information content (AvgIpc) is 3.33. The second-order valence-corrected chi connectivity index (χ2v) is 8.41. The van der Waals surface area contributed by atoms with Gasteiger partial charge in [0, 0.05) is 36.6 Å². The minimum Gasteiger partial charge on any atom is -0.493 e. The first-order chi connectivity index (χ1) is 16.2. The molecule has 0 aliphatic carbocycles. The van der Waals surface area contributed by atoms with E-state index in [0.717, 1.165) is 42.1 Å². The Morgan fingerprint density at radius 1 is 0.879 bits per heavy atom. The number of ether oxygens (including phenoxy) is 7. The van der Waals surface area contributed by atoms with Crippen molar-refractivity contribution >= 4 is 0 Å². The molecule has 5 rings (SSSR count). The number of nitrogens with zero attached hydrogens (tertiary/aromatic N) is 1. The van der Waals surface area contributed by atoms with E-state index in [1.807, 2.05) is 18.2 Å². The van der Waals surface area contributed by atoms with E-state index in [-0.39, 0.29) is 24.9 Å². The van der Waals surface area contributed by atoms with E-state index in [1.165, 1.54) is 0 Å². The number of hydrogen-bond acceptors (Lipinski definition) is 8. The van der Waals surface area contributed by atoms with Crippen LogP contribution >= 0.6 is 0 Å². The van der Waals surface area contributed by atoms with Crippen molar-refractivity contribution in [2.75, 3.05) is 54.4 Å². The molecule has 3 heterocycles. The molecule has 2 aromatic rings. The molecule has 3 atom stereocenters. The molecular formula is C25H31NO7. The van der Waals surface area contributed by atoms with Gasteiger partial charge in [-0.1, -0.05) is 6.92 Å². The van der Waals surface area contributed by atoms with Crippen LogP contribution in [0.25, 0.3) is 0 Å². The van der Waals surface area contributed by atoms with Crippen molar-refractivity contribution in [3.63, 3.8) is 0 Å². The van der Waals surface area contributed by atoms with Gasteiger partial charge < -0.3 is 33.2 Å². The molecule has 0 saturated carbocycles. The van der Waals surface area contributed by atoms with Gasteiger partial charge in [0.25, 0.3) is 0 Å². The summed E-state index contributed by atoms with van der Waals surface area (Å²) in [5, 5.41) is 0. The second-order valence-electron chi connectivity index (χ2n) is 8.41. The van der Waals surface area contributed by atoms with Gasteiger partial charge in [-0.05, 0) is 30.2 Å². The summed E-state index contributed by atoms with van der Waals surface area (Å²) in [6.45, 7) is 5.52. The molecule has 33 heavy (non-hydrogen) atoms. The van der Waals surface area contributed by atoms with E-state index in [1.54, 1.807) is 21.3 Å². The molecule has 0 N–H and O–H groups in total. The van der Waals surface area contributed by atoms with E-state index in [2.05, 4.69) is 17.9 Å². The van der Waals surface area contributed by atoms with E-state index in [0.29, 0.717) is 36.2 Å². The summed E-state index contributed by atoms with van der Waals surface area (Å²) in [6.07, 6.45) is 0.841. The number of benzene rings is 2. The highest BCUT2D eigenvalue weighted by Gasteiger charge is 2.43. The van der Waals surface area contributed by atoms with Gasteiger partial charge in [0.1, 0.15) is 5.75 Å². The van der Waals surface area contributed by atoms with Crippen LogP contribution in [0.1, 0.15) is 30.4 Å². The highest BCUT2D eigenvalue weighted by Crippen LogP contribution is 2.52. The number of rotatable bonds is 6. The lowest BCUT2D eigenvalue weighted by atomic mass is 9.75. The Balaban J connectivity index is 1.67. The summed E-state index contributed by atoms with van der Waals surface area (Å²) in [6, 6.07) is 8.11. The minimum atomic E-state index is -0.0872. The van der Waals surface area contributed by atoms with Gasteiger partial charge in [0.15, 0.2) is 29.2 Å². The third-order valence-corrected chi connectivity index (χ3v) is 6.81. The molecular weight excluding hydrogens is 426 g/mol. The summed E-state index contributed by atoms with van der Waals surface area (Å²) in [4.78, 5) is 2.39. The summed E-state index contributed by atoms with van der Waals surface area (Å²) in [5.41, 5.74) is 2.16. The Hall–Kier alpha value is -2.84. The Morgan fingerprint density at radius 3 is 2.15 bits per heavy atom. The van der Waals surface area contributed by atoms with Crippen molar-refractivity contribution in [1.29, 1.82) is 0 Å². The van der Waals surface area contributed by atoms with Gasteiger partial charge in [-0.25, -0.2) is 0 Å². The molecule has 8 heteroatoms. The van der Waals surface area contributed by atoms with Crippen LogP contribution in [-0.4, -0.2) is 65.6 Å². The lowest BCUT2D eigenvalue weighted by Crippen LogP contribution is -2.52. The highest BCUT2D eigenvalue weighted by atomic mass is 16.7. The molecule has 0 amide bonds. The zero-order valence-electron chi connectivity index (χ0n) is 19.6. The van der Waals surface area contributed by atoms with Crippen molar-refractivity contribution in [1.82, 2.24) is 4.90 Å². The third-order valence-electron chi connectivity index (χ3n) is 6.81. The monoisotopic (exact) mass is 457 g/mol. The molecule has 1 saturated heterocycles. The maximum atomic E-state index is 6.66. The first kappa shape index (κ1) is 22.0. The van der Waals surface area contributed by atoms with Gasteiger partial charge in [-0.3, -0.25) is 4.90 Å². The predicted octanol–water partition coefficient (Wildman–Crippen LogP) is 3.65. The van der Waals surface area contributed by atoms with E-state index < -0.39 is 0 Å². The van der Waals surface area contributed by atoms with Crippen molar-refractivity contribution in [3.05, 3.63) is 35.4 Å². The normalized spacial score (nSPS) is 24.1. The molecule has 0 aromatic heterocycles. The smallest absolute Gasteiger partial charge is 0.231 e. The van der Waals surface area contributed by atoms with Crippen LogP contribution in [0.15, 0.2) is 24.3 Å². The topological polar surface area (TPSA) is 67.9 Å². The molecule has 1 fully saturated rings. The fourth-order valence-electron chi connectivity index (χ4n) is 5.22. The van der Waals surface area contributed by atoms with E-state index in [9.17, 15) is 0 Å². The minimum absolute atomic E-state index is 0.0369. The summed E-state index contributed by atoms with van der Waals surface area (Å²) >= 11 is 0. The molecule has 0 bridgehead atoms. The van der Waals surface area contributed by atoms with Crippen LogP contribution in [-0.2, 0) is 4.74 Å². The molecule has 0 unspecified atom stereocenters. The van der Waals surface area contributed by atoms with Gasteiger partial charge in [0.2, 0.25) is 12.5 Å². The number of methoxy groups -OCH3 is 3. The molecule has 3 aliphatic heterocycles. The van der Waals surface area contributed by atoms with Crippen molar-refractivity contribution in [2.24, 2.45) is 5.92 Å². The number of hydrogen-bond donors (Lipinski definition) is 0. The third kappa shape index (κ3) is 3.81. The van der Waals surface area contributed by atoms with E-state index >= 15 is 0 Å². The number of fused-ring (bicyclic) bond motifs is 2. The quantitative estimate of drug-likeness (QED) is 0.651. The molecule has 0 radical (unpaired) electrons. The molecule has 2 aromatic carbocycles. The van der Waals surface area contributed by atoms with Crippen LogP contribution in [0.3, 0.4) is 0 Å². The Labute approximate surface area is 194 Å². The van der Waals surface area contributed by atoms with Gasteiger partial charge in [-0.2, -0.15) is 0 Å². The summed E-state index contributed by atoms with van der Waals surface area (Å²) in [7, 11) is 4.91. The van der Waals surface area contributed by atoms with Crippen LogP contribution in [0.4, 0.5) is 0 Å². The van der Waals surface area contributed by atoms with Crippen LogP contribution in [0.2, 0.25) is 0 Å². The lowest BCUT2D eigenvalue weighted by molar-refractivity contribution is -0.0830. The zero-order valence-corrected chi connectivity index (χ0v) is 19.6. The predicted molar refractivity (Wildman–Crippen MR) is 121 cm³/mol. The average molecular weight is 458 g/mol. The lowest BCUT2D eigenvalue weighted by Gasteiger charge is -2.45. The van der Waals surface area contributed by atoms with Crippen molar-refractivity contribution in [2.45, 2.75) is 25.5 Å². The van der Waals surface area contributed by atoms with Gasteiger partial charge in [0.05, 0.1) is 34.5 Å².